The fourth-order valence-electron chi connectivity index (χ4n) is 3.32. The number of carboxylic acid groups (broad SMARTS) is 1. The molecule has 0 spiro atoms. The first kappa shape index (κ1) is 17.1. The van der Waals surface area contributed by atoms with Gasteiger partial charge in [-0.25, -0.2) is 13.9 Å². The van der Waals surface area contributed by atoms with Crippen LogP contribution in [0.15, 0.2) is 29.1 Å². The summed E-state index contributed by atoms with van der Waals surface area (Å²) in [5.74, 6) is -2.67. The second kappa shape index (κ2) is 7.04. The van der Waals surface area contributed by atoms with E-state index in [9.17, 15) is 24.2 Å². The van der Waals surface area contributed by atoms with Gasteiger partial charge in [0, 0.05) is 11.5 Å². The van der Waals surface area contributed by atoms with E-state index in [1.807, 2.05) is 0 Å². The van der Waals surface area contributed by atoms with Gasteiger partial charge in [0.25, 0.3) is 5.56 Å². The zero-order chi connectivity index (χ0) is 18.0. The molecule has 1 aromatic heterocycles. The molecule has 0 bridgehead atoms. The first-order valence-corrected chi connectivity index (χ1v) is 8.29. The SMILES string of the molecule is O=C(O)c1c(O)c(C2CCCCC2)nn(Cc2ccccc2F)c1=O. The molecule has 1 fully saturated rings. The lowest BCUT2D eigenvalue weighted by molar-refractivity contribution is 0.0689. The molecule has 0 aliphatic heterocycles. The summed E-state index contributed by atoms with van der Waals surface area (Å²) < 4.78 is 14.8. The van der Waals surface area contributed by atoms with E-state index < -0.39 is 28.7 Å². The van der Waals surface area contributed by atoms with Gasteiger partial charge in [-0.05, 0) is 18.9 Å². The van der Waals surface area contributed by atoms with E-state index in [0.29, 0.717) is 0 Å². The van der Waals surface area contributed by atoms with Crippen molar-refractivity contribution >= 4 is 5.97 Å². The largest absolute Gasteiger partial charge is 0.505 e. The Morgan fingerprint density at radius 2 is 1.92 bits per heavy atom. The molecule has 0 amide bonds. The minimum Gasteiger partial charge on any atom is -0.505 e. The first-order valence-electron chi connectivity index (χ1n) is 8.29. The highest BCUT2D eigenvalue weighted by molar-refractivity contribution is 5.90. The maximum Gasteiger partial charge on any atom is 0.345 e. The molecule has 1 aliphatic carbocycles. The van der Waals surface area contributed by atoms with Crippen molar-refractivity contribution in [1.29, 1.82) is 0 Å². The maximum atomic E-state index is 13.9. The Morgan fingerprint density at radius 3 is 2.56 bits per heavy atom. The molecule has 1 saturated carbocycles. The summed E-state index contributed by atoms with van der Waals surface area (Å²) in [5, 5.41) is 23.8. The van der Waals surface area contributed by atoms with Crippen LogP contribution in [0.2, 0.25) is 0 Å². The van der Waals surface area contributed by atoms with Crippen molar-refractivity contribution in [1.82, 2.24) is 9.78 Å². The van der Waals surface area contributed by atoms with Crippen LogP contribution in [-0.4, -0.2) is 26.0 Å². The number of aromatic carboxylic acids is 1. The third-order valence-electron chi connectivity index (χ3n) is 4.64. The Kier molecular flexibility index (Phi) is 4.83. The Labute approximate surface area is 143 Å². The number of benzene rings is 1. The fraction of sp³-hybridized carbons (Fsp3) is 0.389. The molecule has 0 unspecified atom stereocenters. The van der Waals surface area contributed by atoms with Gasteiger partial charge in [0.05, 0.1) is 6.54 Å². The minimum atomic E-state index is -1.51. The van der Waals surface area contributed by atoms with Crippen LogP contribution in [0, 0.1) is 5.82 Å². The molecule has 1 heterocycles. The number of nitrogens with zero attached hydrogens (tertiary/aromatic N) is 2. The molecule has 6 nitrogen and oxygen atoms in total. The third-order valence-corrected chi connectivity index (χ3v) is 4.64. The highest BCUT2D eigenvalue weighted by atomic mass is 19.1. The Balaban J connectivity index is 2.11. The highest BCUT2D eigenvalue weighted by Gasteiger charge is 2.28. The van der Waals surface area contributed by atoms with Crippen LogP contribution in [0.4, 0.5) is 4.39 Å². The van der Waals surface area contributed by atoms with Crippen molar-refractivity contribution < 1.29 is 19.4 Å². The number of hydrogen-bond acceptors (Lipinski definition) is 4. The van der Waals surface area contributed by atoms with Crippen LogP contribution in [0.3, 0.4) is 0 Å². The van der Waals surface area contributed by atoms with Crippen molar-refractivity contribution in [3.63, 3.8) is 0 Å². The van der Waals surface area contributed by atoms with Crippen LogP contribution in [-0.2, 0) is 6.54 Å². The van der Waals surface area contributed by atoms with Crippen molar-refractivity contribution in [2.24, 2.45) is 0 Å². The molecule has 3 rings (SSSR count). The molecule has 2 aromatic rings. The van der Waals surface area contributed by atoms with E-state index >= 15 is 0 Å². The molecule has 7 heteroatoms. The normalized spacial score (nSPS) is 15.2. The van der Waals surface area contributed by atoms with E-state index in [-0.39, 0.29) is 23.7 Å². The Bertz CT molecular complexity index is 857. The number of carbonyl (C=O) groups is 1. The number of aromatic hydroxyl groups is 1. The second-order valence-electron chi connectivity index (χ2n) is 6.30. The molecule has 0 saturated heterocycles. The summed E-state index contributed by atoms with van der Waals surface area (Å²) in [6.07, 6.45) is 4.55. The number of rotatable bonds is 4. The summed E-state index contributed by atoms with van der Waals surface area (Å²) in [4.78, 5) is 23.9. The van der Waals surface area contributed by atoms with E-state index in [2.05, 4.69) is 5.10 Å². The highest BCUT2D eigenvalue weighted by Crippen LogP contribution is 2.36. The van der Waals surface area contributed by atoms with Crippen LogP contribution < -0.4 is 5.56 Å². The molecule has 0 radical (unpaired) electrons. The van der Waals surface area contributed by atoms with Crippen molar-refractivity contribution in [3.05, 3.63) is 57.3 Å². The molecule has 0 atom stereocenters. The molecular formula is C18H19FN2O4. The fourth-order valence-corrected chi connectivity index (χ4v) is 3.32. The number of carboxylic acids is 1. The lowest BCUT2D eigenvalue weighted by Gasteiger charge is -2.23. The van der Waals surface area contributed by atoms with E-state index in [4.69, 9.17) is 0 Å². The van der Waals surface area contributed by atoms with Crippen LogP contribution in [0.25, 0.3) is 0 Å². The average Bonchev–Trinajstić information content (AvgIpc) is 2.59. The summed E-state index contributed by atoms with van der Waals surface area (Å²) in [7, 11) is 0. The van der Waals surface area contributed by atoms with E-state index in [1.54, 1.807) is 6.07 Å². The predicted octanol–water partition coefficient (Wildman–Crippen LogP) is 2.88. The van der Waals surface area contributed by atoms with Crippen LogP contribution >= 0.6 is 0 Å². The Hall–Kier alpha value is -2.70. The first-order chi connectivity index (χ1) is 12.0. The van der Waals surface area contributed by atoms with Crippen molar-refractivity contribution in [2.75, 3.05) is 0 Å². The standard InChI is InChI=1S/C18H19FN2O4/c19-13-9-5-4-8-12(13)10-21-17(23)14(18(24)25)16(22)15(20-21)11-6-2-1-3-7-11/h4-5,8-9,11,22H,1-3,6-7,10H2,(H,24,25). The summed E-state index contributed by atoms with van der Waals surface area (Å²) >= 11 is 0. The quantitative estimate of drug-likeness (QED) is 0.888. The van der Waals surface area contributed by atoms with Crippen LogP contribution in [0.1, 0.15) is 59.6 Å². The molecule has 25 heavy (non-hydrogen) atoms. The lowest BCUT2D eigenvalue weighted by atomic mass is 9.86. The van der Waals surface area contributed by atoms with Gasteiger partial charge in [-0.1, -0.05) is 37.5 Å². The number of halogens is 1. The monoisotopic (exact) mass is 346 g/mol. The van der Waals surface area contributed by atoms with Gasteiger partial charge in [0.15, 0.2) is 11.3 Å². The topological polar surface area (TPSA) is 92.4 Å². The van der Waals surface area contributed by atoms with Gasteiger partial charge in [0.1, 0.15) is 11.5 Å². The van der Waals surface area contributed by atoms with Crippen molar-refractivity contribution in [2.45, 2.75) is 44.6 Å². The van der Waals surface area contributed by atoms with Gasteiger partial charge in [0.2, 0.25) is 0 Å². The minimum absolute atomic E-state index is 0.0979. The Morgan fingerprint density at radius 1 is 1.24 bits per heavy atom. The lowest BCUT2D eigenvalue weighted by Crippen LogP contribution is -2.31. The molecular weight excluding hydrogens is 327 g/mol. The number of aromatic nitrogens is 2. The molecule has 1 aromatic carbocycles. The number of hydrogen-bond donors (Lipinski definition) is 2. The maximum absolute atomic E-state index is 13.9. The van der Waals surface area contributed by atoms with Crippen LogP contribution in [0.5, 0.6) is 5.75 Å². The third kappa shape index (κ3) is 3.40. The summed E-state index contributed by atoms with van der Waals surface area (Å²) in [6.45, 7) is -0.189. The average molecular weight is 346 g/mol. The summed E-state index contributed by atoms with van der Waals surface area (Å²) in [6, 6.07) is 5.93. The summed E-state index contributed by atoms with van der Waals surface area (Å²) in [5.41, 5.74) is -1.19. The zero-order valence-corrected chi connectivity index (χ0v) is 13.6. The van der Waals surface area contributed by atoms with Crippen molar-refractivity contribution in [3.8, 4) is 5.75 Å². The molecule has 132 valence electrons. The van der Waals surface area contributed by atoms with Gasteiger partial charge < -0.3 is 10.2 Å². The van der Waals surface area contributed by atoms with Gasteiger partial charge in [-0.15, -0.1) is 0 Å². The zero-order valence-electron chi connectivity index (χ0n) is 13.6. The van der Waals surface area contributed by atoms with Gasteiger partial charge in [-0.2, -0.15) is 5.10 Å². The predicted molar refractivity (Wildman–Crippen MR) is 88.4 cm³/mol. The van der Waals surface area contributed by atoms with E-state index in [0.717, 1.165) is 36.8 Å². The second-order valence-corrected chi connectivity index (χ2v) is 6.30. The molecule has 1 aliphatic rings. The van der Waals surface area contributed by atoms with E-state index in [1.165, 1.54) is 18.2 Å². The smallest absolute Gasteiger partial charge is 0.345 e. The molecule has 2 N–H and O–H groups in total. The van der Waals surface area contributed by atoms with Gasteiger partial charge in [-0.3, -0.25) is 4.79 Å². The van der Waals surface area contributed by atoms with Gasteiger partial charge >= 0.3 is 5.97 Å².